The molecule has 7 nitrogen and oxygen atoms in total. The van der Waals surface area contributed by atoms with Crippen molar-refractivity contribution in [1.29, 1.82) is 0 Å². The number of aliphatic carboxylic acids is 1. The summed E-state index contributed by atoms with van der Waals surface area (Å²) >= 11 is 2.73. The molecule has 0 aromatic carbocycles. The summed E-state index contributed by atoms with van der Waals surface area (Å²) in [5, 5.41) is 9.01. The van der Waals surface area contributed by atoms with Gasteiger partial charge in [0.15, 0.2) is 11.8 Å². The Labute approximate surface area is 124 Å². The van der Waals surface area contributed by atoms with Gasteiger partial charge in [-0.1, -0.05) is 11.8 Å². The summed E-state index contributed by atoms with van der Waals surface area (Å²) in [7, 11) is 1.45. The maximum Gasteiger partial charge on any atom is 0.354 e. The van der Waals surface area contributed by atoms with Crippen molar-refractivity contribution >= 4 is 41.7 Å². The van der Waals surface area contributed by atoms with E-state index in [1.54, 1.807) is 0 Å². The van der Waals surface area contributed by atoms with Gasteiger partial charge in [-0.15, -0.1) is 11.8 Å². The fraction of sp³-hybridized carbons (Fsp3) is 0.545. The summed E-state index contributed by atoms with van der Waals surface area (Å²) in [6.07, 6.45) is 0.670. The van der Waals surface area contributed by atoms with Crippen LogP contribution in [0.25, 0.3) is 0 Å². The molecule has 2 aliphatic rings. The number of hydrogen-bond acceptors (Lipinski definition) is 6. The second-order valence-electron chi connectivity index (χ2n) is 4.27. The lowest BCUT2D eigenvalue weighted by Crippen LogP contribution is -2.61. The van der Waals surface area contributed by atoms with E-state index in [4.69, 9.17) is 10.5 Å². The van der Waals surface area contributed by atoms with E-state index >= 15 is 0 Å². The highest BCUT2D eigenvalue weighted by molar-refractivity contribution is 8.22. The zero-order chi connectivity index (χ0) is 14.9. The van der Waals surface area contributed by atoms with Crippen LogP contribution < -0.4 is 5.73 Å². The molecule has 0 radical (unpaired) electrons. The SMILES string of the molecule is COC1C(=O)N2C(C(=O)O)=C(SCC(C)N=CN)S[C@@H]12. The molecule has 2 aliphatic heterocycles. The van der Waals surface area contributed by atoms with Gasteiger partial charge in [0.05, 0.1) is 16.6 Å². The average Bonchev–Trinajstić information content (AvgIpc) is 2.72. The van der Waals surface area contributed by atoms with Crippen molar-refractivity contribution in [2.24, 2.45) is 10.7 Å². The van der Waals surface area contributed by atoms with E-state index in [2.05, 4.69) is 4.99 Å². The van der Waals surface area contributed by atoms with Crippen LogP contribution in [0.15, 0.2) is 14.9 Å². The first-order chi connectivity index (χ1) is 9.51. The summed E-state index contributed by atoms with van der Waals surface area (Å²) in [6.45, 7) is 1.88. The second-order valence-corrected chi connectivity index (χ2v) is 6.69. The number of β-lactam (4-membered cyclic amide) rings is 1. The van der Waals surface area contributed by atoms with Crippen LogP contribution in [-0.4, -0.2) is 58.6 Å². The van der Waals surface area contributed by atoms with Crippen LogP contribution >= 0.6 is 23.5 Å². The Morgan fingerprint density at radius 1 is 1.75 bits per heavy atom. The first kappa shape index (κ1) is 15.2. The number of ether oxygens (including phenoxy) is 1. The van der Waals surface area contributed by atoms with E-state index < -0.39 is 12.1 Å². The third-order valence-corrected chi connectivity index (χ3v) is 5.76. The lowest BCUT2D eigenvalue weighted by molar-refractivity contribution is -0.161. The second kappa shape index (κ2) is 6.06. The molecule has 0 aromatic heterocycles. The Morgan fingerprint density at radius 3 is 3.00 bits per heavy atom. The van der Waals surface area contributed by atoms with Crippen LogP contribution in [0.4, 0.5) is 0 Å². The number of carbonyl (C=O) groups is 2. The van der Waals surface area contributed by atoms with Crippen LogP contribution in [0.3, 0.4) is 0 Å². The van der Waals surface area contributed by atoms with E-state index in [-0.39, 0.29) is 23.0 Å². The zero-order valence-electron chi connectivity index (χ0n) is 11.0. The molecule has 1 saturated heterocycles. The fourth-order valence-corrected chi connectivity index (χ4v) is 4.71. The van der Waals surface area contributed by atoms with E-state index in [0.29, 0.717) is 9.99 Å². The quantitative estimate of drug-likeness (QED) is 0.412. The number of carboxylic acid groups (broad SMARTS) is 1. The van der Waals surface area contributed by atoms with E-state index in [0.717, 1.165) is 0 Å². The number of rotatable bonds is 6. The normalized spacial score (nSPS) is 26.9. The molecule has 2 unspecified atom stereocenters. The van der Waals surface area contributed by atoms with Gasteiger partial charge in [-0.05, 0) is 6.92 Å². The predicted octanol–water partition coefficient (Wildman–Crippen LogP) is 0.279. The minimum atomic E-state index is -1.10. The smallest absolute Gasteiger partial charge is 0.354 e. The maximum absolute atomic E-state index is 11.8. The van der Waals surface area contributed by atoms with Gasteiger partial charge in [0.2, 0.25) is 0 Å². The van der Waals surface area contributed by atoms with E-state index in [9.17, 15) is 14.7 Å². The zero-order valence-corrected chi connectivity index (χ0v) is 12.6. The lowest BCUT2D eigenvalue weighted by atomic mass is 10.1. The fourth-order valence-electron chi connectivity index (χ4n) is 1.95. The third-order valence-electron chi connectivity index (χ3n) is 2.91. The molecule has 9 heteroatoms. The van der Waals surface area contributed by atoms with Crippen LogP contribution in [-0.2, 0) is 14.3 Å². The van der Waals surface area contributed by atoms with Crippen molar-refractivity contribution in [3.63, 3.8) is 0 Å². The highest BCUT2D eigenvalue weighted by Gasteiger charge is 2.56. The van der Waals surface area contributed by atoms with Gasteiger partial charge < -0.3 is 15.6 Å². The van der Waals surface area contributed by atoms with Gasteiger partial charge in [-0.25, -0.2) is 4.79 Å². The molecule has 20 heavy (non-hydrogen) atoms. The molecule has 0 spiro atoms. The molecule has 0 bridgehead atoms. The molecular weight excluding hydrogens is 302 g/mol. The molecule has 2 heterocycles. The average molecular weight is 317 g/mol. The highest BCUT2D eigenvalue weighted by atomic mass is 32.2. The summed E-state index contributed by atoms with van der Waals surface area (Å²) < 4.78 is 5.69. The molecular formula is C11H15N3O4S2. The molecule has 1 fully saturated rings. The van der Waals surface area contributed by atoms with Gasteiger partial charge in [-0.3, -0.25) is 14.7 Å². The van der Waals surface area contributed by atoms with Gasteiger partial charge in [-0.2, -0.15) is 0 Å². The van der Waals surface area contributed by atoms with Crippen LogP contribution in [0, 0.1) is 0 Å². The number of carbonyl (C=O) groups excluding carboxylic acids is 1. The molecule has 3 atom stereocenters. The number of nitrogens with two attached hydrogens (primary N) is 1. The summed E-state index contributed by atoms with van der Waals surface area (Å²) in [4.78, 5) is 28.5. The van der Waals surface area contributed by atoms with Crippen molar-refractivity contribution in [1.82, 2.24) is 4.90 Å². The number of thioether (sulfide) groups is 2. The Hall–Kier alpha value is -1.19. The Morgan fingerprint density at radius 2 is 2.45 bits per heavy atom. The molecule has 0 aliphatic carbocycles. The van der Waals surface area contributed by atoms with Crippen molar-refractivity contribution in [3.05, 3.63) is 9.93 Å². The summed E-state index contributed by atoms with van der Waals surface area (Å²) in [5.74, 6) is -0.800. The maximum atomic E-state index is 11.8. The highest BCUT2D eigenvalue weighted by Crippen LogP contribution is 2.51. The largest absolute Gasteiger partial charge is 0.477 e. The number of methoxy groups -OCH3 is 1. The van der Waals surface area contributed by atoms with E-state index in [1.165, 1.54) is 41.9 Å². The molecule has 0 saturated carbocycles. The van der Waals surface area contributed by atoms with Crippen molar-refractivity contribution in [3.8, 4) is 0 Å². The molecule has 3 N–H and O–H groups in total. The standard InChI is InChI=1S/C11H15N3O4S2/c1-5(13-4-12)3-19-11-6(10(16)17)14-8(15)7(18-2)9(14)20-11/h4-5,7,9H,3H2,1-2H3,(H2,12,13)(H,16,17)/t5?,7?,9-/m0/s1. The van der Waals surface area contributed by atoms with Gasteiger partial charge in [0.25, 0.3) is 5.91 Å². The number of nitrogens with zero attached hydrogens (tertiary/aromatic N) is 2. The van der Waals surface area contributed by atoms with Gasteiger partial charge in [0, 0.05) is 12.9 Å². The van der Waals surface area contributed by atoms with Crippen LogP contribution in [0.2, 0.25) is 0 Å². The van der Waals surface area contributed by atoms with Crippen molar-refractivity contribution in [2.75, 3.05) is 12.9 Å². The Bertz CT molecular complexity index is 494. The van der Waals surface area contributed by atoms with Crippen LogP contribution in [0.5, 0.6) is 0 Å². The first-order valence-corrected chi connectivity index (χ1v) is 7.74. The van der Waals surface area contributed by atoms with Gasteiger partial charge in [0.1, 0.15) is 5.37 Å². The topological polar surface area (TPSA) is 105 Å². The monoisotopic (exact) mass is 317 g/mol. The number of aliphatic imine (C=N–C) groups is 1. The lowest BCUT2D eigenvalue weighted by Gasteiger charge is -2.40. The number of fused-ring (bicyclic) bond motifs is 1. The van der Waals surface area contributed by atoms with Gasteiger partial charge >= 0.3 is 5.97 Å². The molecule has 110 valence electrons. The number of amides is 1. The minimum Gasteiger partial charge on any atom is -0.477 e. The molecule has 1 amide bonds. The first-order valence-electron chi connectivity index (χ1n) is 5.87. The third kappa shape index (κ3) is 2.52. The molecule has 2 rings (SSSR count). The van der Waals surface area contributed by atoms with Crippen LogP contribution in [0.1, 0.15) is 6.92 Å². The Balaban J connectivity index is 2.11. The number of carboxylic acids is 1. The number of hydrogen-bond donors (Lipinski definition) is 2. The van der Waals surface area contributed by atoms with Crippen molar-refractivity contribution in [2.45, 2.75) is 24.4 Å². The molecule has 0 aromatic rings. The van der Waals surface area contributed by atoms with E-state index in [1.807, 2.05) is 6.92 Å². The minimum absolute atomic E-state index is 0.0182. The van der Waals surface area contributed by atoms with Crippen molar-refractivity contribution < 1.29 is 19.4 Å². The summed E-state index contributed by atoms with van der Waals surface area (Å²) in [6, 6.07) is -0.0182. The Kier molecular flexibility index (Phi) is 4.61. The summed E-state index contributed by atoms with van der Waals surface area (Å²) in [5.41, 5.74) is 5.26. The predicted molar refractivity (Wildman–Crippen MR) is 78.3 cm³/mol.